The fourth-order valence-electron chi connectivity index (χ4n) is 1.66. The second-order valence-electron chi connectivity index (χ2n) is 4.88. The lowest BCUT2D eigenvalue weighted by molar-refractivity contribution is 0.269. The van der Waals surface area contributed by atoms with Crippen molar-refractivity contribution in [2.45, 2.75) is 32.9 Å². The summed E-state index contributed by atoms with van der Waals surface area (Å²) in [6.07, 6.45) is 1.02. The third kappa shape index (κ3) is 5.56. The second-order valence-corrected chi connectivity index (χ2v) is 4.88. The van der Waals surface area contributed by atoms with E-state index >= 15 is 0 Å². The van der Waals surface area contributed by atoms with E-state index in [1.165, 1.54) is 12.1 Å². The molecule has 0 saturated heterocycles. The summed E-state index contributed by atoms with van der Waals surface area (Å²) in [5, 5.41) is 3.19. The van der Waals surface area contributed by atoms with Crippen LogP contribution in [0.1, 0.15) is 25.8 Å². The van der Waals surface area contributed by atoms with Crippen LogP contribution < -0.4 is 5.32 Å². The maximum Gasteiger partial charge on any atom is 0.126 e. The molecule has 0 spiro atoms. The van der Waals surface area contributed by atoms with Gasteiger partial charge in [-0.3, -0.25) is 0 Å². The van der Waals surface area contributed by atoms with Crippen molar-refractivity contribution in [3.63, 3.8) is 0 Å². The number of rotatable bonds is 7. The molecule has 18 heavy (non-hydrogen) atoms. The van der Waals surface area contributed by atoms with Crippen LogP contribution in [-0.2, 0) is 6.54 Å². The highest BCUT2D eigenvalue weighted by Crippen LogP contribution is 2.07. The SMILES string of the molecule is CC(C)N(C)CCCNCc1cc(F)cc(F)c1. The first-order valence-electron chi connectivity index (χ1n) is 6.35. The molecule has 0 aliphatic heterocycles. The number of nitrogens with one attached hydrogen (secondary N) is 1. The first kappa shape index (κ1) is 15.1. The number of benzene rings is 1. The van der Waals surface area contributed by atoms with E-state index in [0.29, 0.717) is 18.2 Å². The first-order valence-corrected chi connectivity index (χ1v) is 6.35. The zero-order valence-corrected chi connectivity index (χ0v) is 11.3. The van der Waals surface area contributed by atoms with Gasteiger partial charge in [-0.15, -0.1) is 0 Å². The zero-order valence-electron chi connectivity index (χ0n) is 11.3. The minimum Gasteiger partial charge on any atom is -0.313 e. The number of hydrogen-bond donors (Lipinski definition) is 1. The monoisotopic (exact) mass is 256 g/mol. The van der Waals surface area contributed by atoms with E-state index in [2.05, 4.69) is 31.1 Å². The van der Waals surface area contributed by atoms with Crippen molar-refractivity contribution in [3.8, 4) is 0 Å². The van der Waals surface area contributed by atoms with E-state index in [-0.39, 0.29) is 0 Å². The average Bonchev–Trinajstić information content (AvgIpc) is 2.26. The van der Waals surface area contributed by atoms with E-state index in [4.69, 9.17) is 0 Å². The van der Waals surface area contributed by atoms with E-state index in [1.54, 1.807) is 0 Å². The molecule has 2 nitrogen and oxygen atoms in total. The third-order valence-electron chi connectivity index (χ3n) is 3.00. The second kappa shape index (κ2) is 7.44. The summed E-state index contributed by atoms with van der Waals surface area (Å²) in [6.45, 7) is 6.67. The Hall–Kier alpha value is -1.00. The van der Waals surface area contributed by atoms with Gasteiger partial charge in [0.15, 0.2) is 0 Å². The van der Waals surface area contributed by atoms with Crippen molar-refractivity contribution in [2.24, 2.45) is 0 Å². The topological polar surface area (TPSA) is 15.3 Å². The minimum atomic E-state index is -0.522. The predicted octanol–water partition coefficient (Wildman–Crippen LogP) is 2.78. The Morgan fingerprint density at radius 1 is 1.17 bits per heavy atom. The molecular formula is C14H22F2N2. The maximum absolute atomic E-state index is 12.9. The molecule has 1 N–H and O–H groups in total. The predicted molar refractivity (Wildman–Crippen MR) is 70.4 cm³/mol. The zero-order chi connectivity index (χ0) is 13.5. The molecule has 0 amide bonds. The molecule has 1 aromatic carbocycles. The van der Waals surface area contributed by atoms with Crippen molar-refractivity contribution < 1.29 is 8.78 Å². The van der Waals surface area contributed by atoms with Gasteiger partial charge >= 0.3 is 0 Å². The lowest BCUT2D eigenvalue weighted by atomic mass is 10.2. The van der Waals surface area contributed by atoms with Crippen molar-refractivity contribution in [2.75, 3.05) is 20.1 Å². The molecule has 0 aliphatic carbocycles. The van der Waals surface area contributed by atoms with E-state index in [1.807, 2.05) is 0 Å². The van der Waals surface area contributed by atoms with Crippen LogP contribution in [0.2, 0.25) is 0 Å². The molecule has 0 heterocycles. The van der Waals surface area contributed by atoms with Gasteiger partial charge in [-0.05, 0) is 58.1 Å². The van der Waals surface area contributed by atoms with Crippen LogP contribution in [0.5, 0.6) is 0 Å². The lowest BCUT2D eigenvalue weighted by Gasteiger charge is -2.20. The van der Waals surface area contributed by atoms with Gasteiger partial charge in [0, 0.05) is 18.7 Å². The molecule has 0 radical (unpaired) electrons. The maximum atomic E-state index is 12.9. The highest BCUT2D eigenvalue weighted by Gasteiger charge is 2.02. The Balaban J connectivity index is 2.22. The van der Waals surface area contributed by atoms with Gasteiger partial charge in [0.1, 0.15) is 11.6 Å². The largest absolute Gasteiger partial charge is 0.313 e. The van der Waals surface area contributed by atoms with E-state index in [0.717, 1.165) is 25.6 Å². The van der Waals surface area contributed by atoms with Crippen molar-refractivity contribution in [1.82, 2.24) is 10.2 Å². The Bertz CT molecular complexity index is 347. The smallest absolute Gasteiger partial charge is 0.126 e. The molecule has 0 aliphatic rings. The van der Waals surface area contributed by atoms with Crippen LogP contribution in [0.25, 0.3) is 0 Å². The molecule has 102 valence electrons. The Morgan fingerprint density at radius 2 is 1.78 bits per heavy atom. The fourth-order valence-corrected chi connectivity index (χ4v) is 1.66. The van der Waals surface area contributed by atoms with Gasteiger partial charge in [0.25, 0.3) is 0 Å². The van der Waals surface area contributed by atoms with Crippen LogP contribution in [-0.4, -0.2) is 31.1 Å². The molecule has 0 saturated carbocycles. The molecular weight excluding hydrogens is 234 g/mol. The molecule has 0 aromatic heterocycles. The highest BCUT2D eigenvalue weighted by molar-refractivity contribution is 5.17. The molecule has 1 rings (SSSR count). The van der Waals surface area contributed by atoms with Gasteiger partial charge in [-0.1, -0.05) is 0 Å². The number of halogens is 2. The summed E-state index contributed by atoms with van der Waals surface area (Å²) < 4.78 is 25.8. The minimum absolute atomic E-state index is 0.500. The summed E-state index contributed by atoms with van der Waals surface area (Å²) >= 11 is 0. The molecule has 0 atom stereocenters. The standard InChI is InChI=1S/C14H22F2N2/c1-11(2)18(3)6-4-5-17-10-12-7-13(15)9-14(16)8-12/h7-9,11,17H,4-6,10H2,1-3H3. The Labute approximate surface area is 108 Å². The summed E-state index contributed by atoms with van der Waals surface area (Å²) in [5.74, 6) is -1.04. The van der Waals surface area contributed by atoms with Gasteiger partial charge in [0.05, 0.1) is 0 Å². The van der Waals surface area contributed by atoms with Crippen molar-refractivity contribution in [3.05, 3.63) is 35.4 Å². The summed E-state index contributed by atoms with van der Waals surface area (Å²) in [5.41, 5.74) is 0.643. The molecule has 0 fully saturated rings. The molecule has 1 aromatic rings. The van der Waals surface area contributed by atoms with Crippen molar-refractivity contribution in [1.29, 1.82) is 0 Å². The average molecular weight is 256 g/mol. The number of nitrogens with zero attached hydrogens (tertiary/aromatic N) is 1. The Kier molecular flexibility index (Phi) is 6.22. The number of hydrogen-bond acceptors (Lipinski definition) is 2. The molecule has 4 heteroatoms. The van der Waals surface area contributed by atoms with Crippen molar-refractivity contribution >= 4 is 0 Å². The third-order valence-corrected chi connectivity index (χ3v) is 3.00. The summed E-state index contributed by atoms with van der Waals surface area (Å²) in [6, 6.07) is 4.15. The van der Waals surface area contributed by atoms with Gasteiger partial charge in [-0.25, -0.2) is 8.78 Å². The van der Waals surface area contributed by atoms with Crippen LogP contribution in [0.3, 0.4) is 0 Å². The first-order chi connectivity index (χ1) is 8.49. The van der Waals surface area contributed by atoms with Crippen LogP contribution in [0.15, 0.2) is 18.2 Å². The normalized spacial score (nSPS) is 11.5. The lowest BCUT2D eigenvalue weighted by Crippen LogP contribution is -2.29. The molecule has 0 bridgehead atoms. The fraction of sp³-hybridized carbons (Fsp3) is 0.571. The quantitative estimate of drug-likeness (QED) is 0.755. The van der Waals surface area contributed by atoms with Crippen LogP contribution >= 0.6 is 0 Å². The van der Waals surface area contributed by atoms with Crippen LogP contribution in [0.4, 0.5) is 8.78 Å². The highest BCUT2D eigenvalue weighted by atomic mass is 19.1. The molecule has 0 unspecified atom stereocenters. The van der Waals surface area contributed by atoms with E-state index in [9.17, 15) is 8.78 Å². The summed E-state index contributed by atoms with van der Waals surface area (Å²) in [4.78, 5) is 2.27. The van der Waals surface area contributed by atoms with E-state index < -0.39 is 11.6 Å². The van der Waals surface area contributed by atoms with Gasteiger partial charge < -0.3 is 10.2 Å². The van der Waals surface area contributed by atoms with Crippen LogP contribution in [0, 0.1) is 11.6 Å². The van der Waals surface area contributed by atoms with Gasteiger partial charge in [0.2, 0.25) is 0 Å². The summed E-state index contributed by atoms with van der Waals surface area (Å²) in [7, 11) is 2.09. The van der Waals surface area contributed by atoms with Gasteiger partial charge in [-0.2, -0.15) is 0 Å². The Morgan fingerprint density at radius 3 is 2.33 bits per heavy atom.